The van der Waals surface area contributed by atoms with Gasteiger partial charge in [0.15, 0.2) is 0 Å². The lowest BCUT2D eigenvalue weighted by Crippen LogP contribution is -2.21. The molecule has 0 saturated carbocycles. The maximum Gasteiger partial charge on any atom is 0.122 e. The lowest BCUT2D eigenvalue weighted by Gasteiger charge is -2.13. The van der Waals surface area contributed by atoms with Gasteiger partial charge in [0.1, 0.15) is 18.5 Å². The van der Waals surface area contributed by atoms with Gasteiger partial charge in [-0.05, 0) is 24.5 Å². The third-order valence-electron chi connectivity index (χ3n) is 2.41. The van der Waals surface area contributed by atoms with Gasteiger partial charge < -0.3 is 14.9 Å². The summed E-state index contributed by atoms with van der Waals surface area (Å²) in [7, 11) is 0. The monoisotopic (exact) mass is 224 g/mol. The second kappa shape index (κ2) is 7.25. The largest absolute Gasteiger partial charge is 0.491 e. The highest BCUT2D eigenvalue weighted by Gasteiger charge is 2.06. The van der Waals surface area contributed by atoms with Crippen molar-refractivity contribution in [2.45, 2.75) is 32.3 Å². The van der Waals surface area contributed by atoms with Crippen molar-refractivity contribution < 1.29 is 14.9 Å². The molecule has 0 bridgehead atoms. The van der Waals surface area contributed by atoms with Crippen LogP contribution in [0.25, 0.3) is 0 Å². The van der Waals surface area contributed by atoms with E-state index in [4.69, 9.17) is 9.84 Å². The van der Waals surface area contributed by atoms with Crippen molar-refractivity contribution in [3.8, 4) is 5.75 Å². The molecule has 0 radical (unpaired) electrons. The average Bonchev–Trinajstić information content (AvgIpc) is 2.34. The molecule has 0 spiro atoms. The van der Waals surface area contributed by atoms with Crippen LogP contribution >= 0.6 is 0 Å². The molecule has 1 aromatic carbocycles. The minimum absolute atomic E-state index is 0.139. The quantitative estimate of drug-likeness (QED) is 0.742. The van der Waals surface area contributed by atoms with E-state index in [0.29, 0.717) is 0 Å². The minimum Gasteiger partial charge on any atom is -0.491 e. The van der Waals surface area contributed by atoms with Crippen LogP contribution < -0.4 is 4.74 Å². The molecule has 0 saturated heterocycles. The fraction of sp³-hybridized carbons (Fsp3) is 0.538. The van der Waals surface area contributed by atoms with E-state index in [-0.39, 0.29) is 13.2 Å². The molecule has 16 heavy (non-hydrogen) atoms. The highest BCUT2D eigenvalue weighted by molar-refractivity contribution is 5.33. The van der Waals surface area contributed by atoms with Gasteiger partial charge in [0, 0.05) is 0 Å². The van der Waals surface area contributed by atoms with E-state index in [2.05, 4.69) is 6.92 Å². The zero-order valence-corrected chi connectivity index (χ0v) is 9.72. The SMILES string of the molecule is CCCCc1ccccc1OCC(O)CO. The molecule has 0 aliphatic heterocycles. The van der Waals surface area contributed by atoms with E-state index in [9.17, 15) is 5.11 Å². The molecule has 3 nitrogen and oxygen atoms in total. The highest BCUT2D eigenvalue weighted by Crippen LogP contribution is 2.20. The molecule has 0 aliphatic carbocycles. The lowest BCUT2D eigenvalue weighted by atomic mass is 10.1. The number of unbranched alkanes of at least 4 members (excludes halogenated alkanes) is 1. The zero-order chi connectivity index (χ0) is 11.8. The molecule has 1 atom stereocenters. The summed E-state index contributed by atoms with van der Waals surface area (Å²) in [5.74, 6) is 0.809. The summed E-state index contributed by atoms with van der Waals surface area (Å²) in [4.78, 5) is 0. The van der Waals surface area contributed by atoms with E-state index in [1.807, 2.05) is 24.3 Å². The normalized spacial score (nSPS) is 12.4. The van der Waals surface area contributed by atoms with E-state index in [1.165, 1.54) is 0 Å². The summed E-state index contributed by atoms with van der Waals surface area (Å²) in [5, 5.41) is 17.9. The van der Waals surface area contributed by atoms with E-state index in [1.54, 1.807) is 0 Å². The zero-order valence-electron chi connectivity index (χ0n) is 9.72. The minimum atomic E-state index is -0.806. The van der Waals surface area contributed by atoms with Gasteiger partial charge in [-0.15, -0.1) is 0 Å². The molecule has 2 N–H and O–H groups in total. The Morgan fingerprint density at radius 1 is 1.31 bits per heavy atom. The Morgan fingerprint density at radius 2 is 2.06 bits per heavy atom. The fourth-order valence-corrected chi connectivity index (χ4v) is 1.46. The van der Waals surface area contributed by atoms with Crippen molar-refractivity contribution in [2.24, 2.45) is 0 Å². The van der Waals surface area contributed by atoms with E-state index in [0.717, 1.165) is 30.6 Å². The summed E-state index contributed by atoms with van der Waals surface area (Å²) in [5.41, 5.74) is 1.16. The Bertz CT molecular complexity index is 299. The first-order valence-electron chi connectivity index (χ1n) is 5.77. The second-order valence-corrected chi connectivity index (χ2v) is 3.86. The number of para-hydroxylation sites is 1. The Morgan fingerprint density at radius 3 is 2.75 bits per heavy atom. The average molecular weight is 224 g/mol. The van der Waals surface area contributed by atoms with Gasteiger partial charge in [-0.1, -0.05) is 31.5 Å². The predicted molar refractivity (Wildman–Crippen MR) is 63.6 cm³/mol. The third kappa shape index (κ3) is 4.21. The van der Waals surface area contributed by atoms with Gasteiger partial charge in [0.2, 0.25) is 0 Å². The first-order valence-corrected chi connectivity index (χ1v) is 5.77. The van der Waals surface area contributed by atoms with Crippen LogP contribution in [0.4, 0.5) is 0 Å². The second-order valence-electron chi connectivity index (χ2n) is 3.86. The van der Waals surface area contributed by atoms with Crippen LogP contribution in [0.1, 0.15) is 25.3 Å². The first kappa shape index (κ1) is 13.0. The van der Waals surface area contributed by atoms with Crippen LogP contribution in [-0.4, -0.2) is 29.5 Å². The molecule has 0 heterocycles. The number of hydrogen-bond donors (Lipinski definition) is 2. The molecule has 90 valence electrons. The van der Waals surface area contributed by atoms with Gasteiger partial charge in [-0.25, -0.2) is 0 Å². The fourth-order valence-electron chi connectivity index (χ4n) is 1.46. The van der Waals surface area contributed by atoms with Crippen LogP contribution in [0.15, 0.2) is 24.3 Å². The number of rotatable bonds is 7. The van der Waals surface area contributed by atoms with Crippen molar-refractivity contribution in [1.82, 2.24) is 0 Å². The molecule has 3 heteroatoms. The molecule has 0 aliphatic rings. The number of benzene rings is 1. The number of aliphatic hydroxyl groups excluding tert-OH is 2. The molecular formula is C13H20O3. The van der Waals surface area contributed by atoms with Crippen LogP contribution in [-0.2, 0) is 6.42 Å². The molecule has 1 unspecified atom stereocenters. The number of aryl methyl sites for hydroxylation is 1. The topological polar surface area (TPSA) is 49.7 Å². The standard InChI is InChI=1S/C13H20O3/c1-2-3-6-11-7-4-5-8-13(11)16-10-12(15)9-14/h4-5,7-8,12,14-15H,2-3,6,9-10H2,1H3. The van der Waals surface area contributed by atoms with Gasteiger partial charge >= 0.3 is 0 Å². The number of hydrogen-bond acceptors (Lipinski definition) is 3. The van der Waals surface area contributed by atoms with Crippen LogP contribution in [0.5, 0.6) is 5.75 Å². The molecule has 0 amide bonds. The van der Waals surface area contributed by atoms with Crippen molar-refractivity contribution in [3.05, 3.63) is 29.8 Å². The summed E-state index contributed by atoms with van der Waals surface area (Å²) in [6, 6.07) is 7.84. The van der Waals surface area contributed by atoms with Gasteiger partial charge in [-0.3, -0.25) is 0 Å². The Labute approximate surface area is 96.7 Å². The van der Waals surface area contributed by atoms with Gasteiger partial charge in [0.25, 0.3) is 0 Å². The number of ether oxygens (including phenoxy) is 1. The van der Waals surface area contributed by atoms with Crippen molar-refractivity contribution in [2.75, 3.05) is 13.2 Å². The molecular weight excluding hydrogens is 204 g/mol. The van der Waals surface area contributed by atoms with E-state index < -0.39 is 6.10 Å². The summed E-state index contributed by atoms with van der Waals surface area (Å²) in [6.07, 6.45) is 2.46. The first-order chi connectivity index (χ1) is 7.77. The van der Waals surface area contributed by atoms with Crippen molar-refractivity contribution in [3.63, 3.8) is 0 Å². The molecule has 0 aromatic heterocycles. The maximum absolute atomic E-state index is 9.21. The van der Waals surface area contributed by atoms with Crippen LogP contribution in [0, 0.1) is 0 Å². The number of aliphatic hydroxyl groups is 2. The van der Waals surface area contributed by atoms with Gasteiger partial charge in [-0.2, -0.15) is 0 Å². The van der Waals surface area contributed by atoms with Crippen molar-refractivity contribution in [1.29, 1.82) is 0 Å². The Hall–Kier alpha value is -1.06. The van der Waals surface area contributed by atoms with Gasteiger partial charge in [0.05, 0.1) is 6.61 Å². The lowest BCUT2D eigenvalue weighted by molar-refractivity contribution is 0.0533. The molecule has 1 aromatic rings. The highest BCUT2D eigenvalue weighted by atomic mass is 16.5. The Kier molecular flexibility index (Phi) is 5.90. The molecule has 1 rings (SSSR count). The summed E-state index contributed by atoms with van der Waals surface area (Å²) in [6.45, 7) is 2.02. The summed E-state index contributed by atoms with van der Waals surface area (Å²) >= 11 is 0. The van der Waals surface area contributed by atoms with Crippen LogP contribution in [0.2, 0.25) is 0 Å². The summed E-state index contributed by atoms with van der Waals surface area (Å²) < 4.78 is 5.48. The van der Waals surface area contributed by atoms with Crippen LogP contribution in [0.3, 0.4) is 0 Å². The van der Waals surface area contributed by atoms with E-state index >= 15 is 0 Å². The Balaban J connectivity index is 2.56. The molecule has 0 fully saturated rings. The van der Waals surface area contributed by atoms with Crippen molar-refractivity contribution >= 4 is 0 Å². The maximum atomic E-state index is 9.21. The predicted octanol–water partition coefficient (Wildman–Crippen LogP) is 1.76. The smallest absolute Gasteiger partial charge is 0.122 e. The third-order valence-corrected chi connectivity index (χ3v) is 2.41.